The number of carbonyl (C=O) groups is 1. The Morgan fingerprint density at radius 1 is 1.14 bits per heavy atom. The molecule has 1 aromatic carbocycles. The highest BCUT2D eigenvalue weighted by Crippen LogP contribution is 2.35. The first kappa shape index (κ1) is 29.0. The van der Waals surface area contributed by atoms with Gasteiger partial charge in [0.2, 0.25) is 0 Å². The fourth-order valence-corrected chi connectivity index (χ4v) is 4.00. The maximum absolute atomic E-state index is 13.3. The largest absolute Gasteiger partial charge is 0.484 e. The Morgan fingerprint density at radius 3 is 2.54 bits per heavy atom. The van der Waals surface area contributed by atoms with Gasteiger partial charge >= 0.3 is 12.1 Å². The van der Waals surface area contributed by atoms with Crippen molar-refractivity contribution in [3.8, 4) is 11.5 Å². The van der Waals surface area contributed by atoms with Crippen molar-refractivity contribution < 1.29 is 51.5 Å². The molecule has 37 heavy (non-hydrogen) atoms. The Bertz CT molecular complexity index is 1000. The first-order valence-electron chi connectivity index (χ1n) is 11.9. The van der Waals surface area contributed by atoms with Gasteiger partial charge in [-0.3, -0.25) is 0 Å². The maximum Gasteiger partial charge on any atom is 0.422 e. The van der Waals surface area contributed by atoms with Crippen LogP contribution >= 0.6 is 0 Å². The molecule has 0 aliphatic carbocycles. The van der Waals surface area contributed by atoms with E-state index < -0.39 is 49.0 Å². The number of methoxy groups -OCH3 is 1. The number of hydrogen-bond donors (Lipinski definition) is 1. The Balaban J connectivity index is 2.07. The van der Waals surface area contributed by atoms with Crippen molar-refractivity contribution in [2.45, 2.75) is 70.5 Å². The Labute approximate surface area is 213 Å². The molecule has 5 atom stereocenters. The molecule has 0 bridgehead atoms. The van der Waals surface area contributed by atoms with Crippen molar-refractivity contribution in [1.82, 2.24) is 0 Å². The first-order valence-corrected chi connectivity index (χ1v) is 11.9. The van der Waals surface area contributed by atoms with Crippen LogP contribution in [0, 0.1) is 5.92 Å². The fraction of sp³-hybridized carbons (Fsp3) is 0.577. The van der Waals surface area contributed by atoms with Crippen molar-refractivity contribution in [1.29, 1.82) is 0 Å². The number of carbonyl (C=O) groups excluding carboxylic acids is 1. The van der Waals surface area contributed by atoms with E-state index in [0.29, 0.717) is 0 Å². The van der Waals surface area contributed by atoms with Crippen LogP contribution in [-0.2, 0) is 18.9 Å². The van der Waals surface area contributed by atoms with Crippen LogP contribution in [0.3, 0.4) is 0 Å². The summed E-state index contributed by atoms with van der Waals surface area (Å²) >= 11 is 0. The van der Waals surface area contributed by atoms with E-state index in [-0.39, 0.29) is 41.8 Å². The van der Waals surface area contributed by atoms with Gasteiger partial charge in [-0.15, -0.1) is 0 Å². The van der Waals surface area contributed by atoms with Crippen molar-refractivity contribution in [2.24, 2.45) is 5.92 Å². The molecular formula is C26H33F3O8. The predicted molar refractivity (Wildman–Crippen MR) is 127 cm³/mol. The number of ether oxygens (including phenoxy) is 6. The number of alkyl halides is 3. The van der Waals surface area contributed by atoms with E-state index in [4.69, 9.17) is 28.4 Å². The SMILES string of the molecule is COCOc1cc(OCC(F)(F)F)cc2c1C(=O)O[C@@H](C)[C@H](C)C=CC(O)[C@H]1OC(C)(C)O[C@H]1CC=C2. The van der Waals surface area contributed by atoms with Gasteiger partial charge in [0.25, 0.3) is 0 Å². The fourth-order valence-electron chi connectivity index (χ4n) is 4.00. The number of cyclic esters (lactones) is 1. The van der Waals surface area contributed by atoms with Crippen LogP contribution in [0.2, 0.25) is 0 Å². The van der Waals surface area contributed by atoms with Crippen LogP contribution in [0.4, 0.5) is 13.2 Å². The molecule has 0 spiro atoms. The standard InChI is InChI=1S/C26H33F3O8/c1-15-9-10-19(30)23-20(36-25(3,4)37-23)8-6-7-17-11-18(33-13-26(27,28)29)12-21(34-14-32-5)22(17)24(31)35-16(15)2/h6-7,9-12,15-16,19-20,23,30H,8,13-14H2,1-5H3/t15-,16+,19?,20+,23-/m1/s1. The normalized spacial score (nSPS) is 28.1. The van der Waals surface area contributed by atoms with Crippen LogP contribution in [0.1, 0.15) is 50.0 Å². The summed E-state index contributed by atoms with van der Waals surface area (Å²) in [6.07, 6.45) is -0.502. The third-order valence-electron chi connectivity index (χ3n) is 5.91. The summed E-state index contributed by atoms with van der Waals surface area (Å²) in [5.41, 5.74) is 0.228. The molecule has 1 unspecified atom stereocenters. The minimum Gasteiger partial charge on any atom is -0.484 e. The van der Waals surface area contributed by atoms with E-state index in [2.05, 4.69) is 0 Å². The molecule has 2 heterocycles. The van der Waals surface area contributed by atoms with Crippen LogP contribution in [-0.4, -0.2) is 68.0 Å². The van der Waals surface area contributed by atoms with E-state index in [9.17, 15) is 23.1 Å². The monoisotopic (exact) mass is 530 g/mol. The summed E-state index contributed by atoms with van der Waals surface area (Å²) in [5.74, 6) is -2.16. The summed E-state index contributed by atoms with van der Waals surface area (Å²) in [4.78, 5) is 13.3. The van der Waals surface area contributed by atoms with E-state index in [1.807, 2.05) is 6.92 Å². The van der Waals surface area contributed by atoms with Crippen molar-refractivity contribution in [3.63, 3.8) is 0 Å². The van der Waals surface area contributed by atoms with Crippen molar-refractivity contribution in [3.05, 3.63) is 41.5 Å². The minimum absolute atomic E-state index is 0.00764. The summed E-state index contributed by atoms with van der Waals surface area (Å²) in [6.45, 7) is 5.21. The van der Waals surface area contributed by atoms with Crippen LogP contribution in [0.15, 0.2) is 30.4 Å². The molecule has 206 valence electrons. The van der Waals surface area contributed by atoms with Crippen LogP contribution < -0.4 is 9.47 Å². The highest BCUT2D eigenvalue weighted by molar-refractivity contribution is 5.97. The number of hydrogen-bond acceptors (Lipinski definition) is 8. The zero-order valence-electron chi connectivity index (χ0n) is 21.4. The smallest absolute Gasteiger partial charge is 0.422 e. The van der Waals surface area contributed by atoms with Gasteiger partial charge < -0.3 is 33.5 Å². The van der Waals surface area contributed by atoms with E-state index >= 15 is 0 Å². The average molecular weight is 531 g/mol. The number of rotatable bonds is 5. The second kappa shape index (κ2) is 11.8. The molecule has 1 fully saturated rings. The Morgan fingerprint density at radius 2 is 1.86 bits per heavy atom. The lowest BCUT2D eigenvalue weighted by atomic mass is 9.99. The highest BCUT2D eigenvalue weighted by atomic mass is 19.4. The molecule has 8 nitrogen and oxygen atoms in total. The number of aliphatic hydroxyl groups excluding tert-OH is 1. The van der Waals surface area contributed by atoms with Gasteiger partial charge in [-0.1, -0.05) is 31.2 Å². The lowest BCUT2D eigenvalue weighted by Gasteiger charge is -2.23. The molecule has 1 N–H and O–H groups in total. The second-order valence-electron chi connectivity index (χ2n) is 9.46. The summed E-state index contributed by atoms with van der Waals surface area (Å²) in [7, 11) is 1.37. The summed E-state index contributed by atoms with van der Waals surface area (Å²) in [6, 6.07) is 2.50. The second-order valence-corrected chi connectivity index (χ2v) is 9.46. The minimum atomic E-state index is -4.56. The Hall–Kier alpha value is -2.60. The lowest BCUT2D eigenvalue weighted by molar-refractivity contribution is -0.153. The van der Waals surface area contributed by atoms with Crippen LogP contribution in [0.25, 0.3) is 6.08 Å². The van der Waals surface area contributed by atoms with Gasteiger partial charge in [-0.05, 0) is 38.8 Å². The third kappa shape index (κ3) is 7.94. The van der Waals surface area contributed by atoms with Gasteiger partial charge in [0.15, 0.2) is 19.2 Å². The molecule has 0 amide bonds. The van der Waals surface area contributed by atoms with E-state index in [1.54, 1.807) is 45.1 Å². The highest BCUT2D eigenvalue weighted by Gasteiger charge is 2.43. The summed E-state index contributed by atoms with van der Waals surface area (Å²) < 4.78 is 71.3. The molecule has 3 rings (SSSR count). The number of fused-ring (bicyclic) bond motifs is 2. The molecule has 2 aliphatic heterocycles. The molecular weight excluding hydrogens is 497 g/mol. The number of benzene rings is 1. The molecule has 0 aromatic heterocycles. The summed E-state index contributed by atoms with van der Waals surface area (Å²) in [5, 5.41) is 10.8. The topological polar surface area (TPSA) is 92.7 Å². The zero-order chi connectivity index (χ0) is 27.4. The lowest BCUT2D eigenvalue weighted by Crippen LogP contribution is -2.34. The quantitative estimate of drug-likeness (QED) is 0.334. The molecule has 0 saturated carbocycles. The van der Waals surface area contributed by atoms with Gasteiger partial charge in [-0.2, -0.15) is 13.2 Å². The van der Waals surface area contributed by atoms with Gasteiger partial charge in [0, 0.05) is 19.1 Å². The molecule has 2 aliphatic rings. The van der Waals surface area contributed by atoms with Crippen molar-refractivity contribution >= 4 is 12.0 Å². The third-order valence-corrected chi connectivity index (χ3v) is 5.91. The molecule has 1 saturated heterocycles. The number of esters is 1. The predicted octanol–water partition coefficient (Wildman–Crippen LogP) is 4.65. The van der Waals surface area contributed by atoms with Gasteiger partial charge in [-0.25, -0.2) is 4.79 Å². The van der Waals surface area contributed by atoms with Gasteiger partial charge in [0.1, 0.15) is 35.4 Å². The van der Waals surface area contributed by atoms with Crippen molar-refractivity contribution in [2.75, 3.05) is 20.5 Å². The number of halogens is 3. The van der Waals surface area contributed by atoms with Gasteiger partial charge in [0.05, 0.1) is 6.10 Å². The first-order chi connectivity index (χ1) is 17.3. The Kier molecular flexibility index (Phi) is 9.27. The maximum atomic E-state index is 13.3. The van der Waals surface area contributed by atoms with E-state index in [1.165, 1.54) is 19.2 Å². The van der Waals surface area contributed by atoms with Crippen LogP contribution in [0.5, 0.6) is 11.5 Å². The average Bonchev–Trinajstić information content (AvgIpc) is 3.12. The zero-order valence-corrected chi connectivity index (χ0v) is 21.4. The molecule has 0 radical (unpaired) electrons. The molecule has 11 heteroatoms. The van der Waals surface area contributed by atoms with E-state index in [0.717, 1.165) is 0 Å². The number of aliphatic hydroxyl groups is 1. The molecule has 1 aromatic rings.